The van der Waals surface area contributed by atoms with Gasteiger partial charge < -0.3 is 20.3 Å². The number of fused-ring (bicyclic) bond motifs is 1. The molecule has 1 aliphatic carbocycles. The number of rotatable bonds is 4. The van der Waals surface area contributed by atoms with E-state index < -0.39 is 24.0 Å². The summed E-state index contributed by atoms with van der Waals surface area (Å²) in [5, 5.41) is 10.0. The van der Waals surface area contributed by atoms with Gasteiger partial charge in [-0.2, -0.15) is 14.4 Å². The SMILES string of the molecule is CC(C)(C)C1CCC(C(=O)O[C@H]2C[C@H](n3cnc4c(N)nc(F)nc43)O[C@]2(C)CO)CC1. The van der Waals surface area contributed by atoms with Crippen LogP contribution in [0, 0.1) is 23.3 Å². The van der Waals surface area contributed by atoms with E-state index in [-0.39, 0.29) is 47.3 Å². The van der Waals surface area contributed by atoms with Crippen LogP contribution in [0.3, 0.4) is 0 Å². The number of carbonyl (C=O) groups is 1. The molecule has 176 valence electrons. The van der Waals surface area contributed by atoms with Crippen molar-refractivity contribution in [3.8, 4) is 0 Å². The van der Waals surface area contributed by atoms with Crippen molar-refractivity contribution in [2.75, 3.05) is 12.3 Å². The Morgan fingerprint density at radius 1 is 1.34 bits per heavy atom. The van der Waals surface area contributed by atoms with E-state index in [2.05, 4.69) is 35.7 Å². The number of aliphatic hydroxyl groups excluding tert-OH is 1. The van der Waals surface area contributed by atoms with Gasteiger partial charge in [0.25, 0.3) is 0 Å². The van der Waals surface area contributed by atoms with E-state index in [1.807, 2.05) is 0 Å². The molecule has 0 radical (unpaired) electrons. The van der Waals surface area contributed by atoms with Crippen molar-refractivity contribution in [3.63, 3.8) is 0 Å². The number of anilines is 1. The van der Waals surface area contributed by atoms with Crippen molar-refractivity contribution in [2.45, 2.75) is 77.7 Å². The third-order valence-electron chi connectivity index (χ3n) is 7.09. The molecule has 10 heteroatoms. The summed E-state index contributed by atoms with van der Waals surface area (Å²) in [5.74, 6) is 0.131. The van der Waals surface area contributed by atoms with Gasteiger partial charge in [-0.1, -0.05) is 20.8 Å². The van der Waals surface area contributed by atoms with Gasteiger partial charge in [0.2, 0.25) is 0 Å². The molecule has 1 aliphatic heterocycles. The summed E-state index contributed by atoms with van der Waals surface area (Å²) in [7, 11) is 0. The van der Waals surface area contributed by atoms with Gasteiger partial charge in [-0.3, -0.25) is 9.36 Å². The van der Waals surface area contributed by atoms with Gasteiger partial charge >= 0.3 is 12.0 Å². The number of hydrogen-bond acceptors (Lipinski definition) is 8. The zero-order chi connectivity index (χ0) is 23.3. The molecule has 3 N–H and O–H groups in total. The summed E-state index contributed by atoms with van der Waals surface area (Å²) in [6, 6.07) is 0. The number of aromatic nitrogens is 4. The van der Waals surface area contributed by atoms with Gasteiger partial charge in [0.1, 0.15) is 17.9 Å². The second-order valence-corrected chi connectivity index (χ2v) is 10.3. The maximum absolute atomic E-state index is 13.7. The maximum Gasteiger partial charge on any atom is 0.312 e. The molecule has 0 spiro atoms. The van der Waals surface area contributed by atoms with Crippen LogP contribution in [0.25, 0.3) is 11.2 Å². The van der Waals surface area contributed by atoms with Crippen LogP contribution >= 0.6 is 0 Å². The molecule has 1 saturated carbocycles. The number of nitrogens with zero attached hydrogens (tertiary/aromatic N) is 4. The second-order valence-electron chi connectivity index (χ2n) is 10.3. The van der Waals surface area contributed by atoms with Crippen LogP contribution in [0.1, 0.15) is 66.0 Å². The predicted molar refractivity (Wildman–Crippen MR) is 115 cm³/mol. The lowest BCUT2D eigenvalue weighted by atomic mass is 9.70. The highest BCUT2D eigenvalue weighted by molar-refractivity contribution is 5.81. The van der Waals surface area contributed by atoms with E-state index in [1.54, 1.807) is 6.92 Å². The molecular weight excluding hydrogens is 417 g/mol. The smallest absolute Gasteiger partial charge is 0.312 e. The van der Waals surface area contributed by atoms with Crippen LogP contribution in [0.2, 0.25) is 0 Å². The molecule has 0 amide bonds. The summed E-state index contributed by atoms with van der Waals surface area (Å²) in [6.07, 6.45) is 3.04. The fourth-order valence-corrected chi connectivity index (χ4v) is 4.90. The first-order valence-electron chi connectivity index (χ1n) is 11.2. The molecule has 2 aliphatic rings. The van der Waals surface area contributed by atoms with E-state index in [1.165, 1.54) is 10.9 Å². The number of hydrogen-bond donors (Lipinski definition) is 2. The molecule has 3 heterocycles. The highest BCUT2D eigenvalue weighted by Crippen LogP contribution is 2.43. The standard InChI is InChI=1S/C22H32FN5O4/c1-21(2,3)13-7-5-12(6-8-13)19(30)31-14-9-15(32-22(14,4)10-29)28-11-25-16-17(24)26-20(23)27-18(16)28/h11-15,29H,5-10H2,1-4H3,(H2,24,26,27)/t12?,13?,14-,15+,22+/m0/s1. The third-order valence-corrected chi connectivity index (χ3v) is 7.09. The Kier molecular flexibility index (Phi) is 5.87. The van der Waals surface area contributed by atoms with Crippen LogP contribution in [0.15, 0.2) is 6.33 Å². The number of halogens is 1. The number of nitrogen functional groups attached to an aromatic ring is 1. The Hall–Kier alpha value is -2.33. The quantitative estimate of drug-likeness (QED) is 0.539. The fraction of sp³-hybridized carbons (Fsp3) is 0.727. The predicted octanol–water partition coefficient (Wildman–Crippen LogP) is 2.98. The lowest BCUT2D eigenvalue weighted by Gasteiger charge is -2.37. The van der Waals surface area contributed by atoms with Crippen molar-refractivity contribution in [3.05, 3.63) is 12.4 Å². The summed E-state index contributed by atoms with van der Waals surface area (Å²) >= 11 is 0. The fourth-order valence-electron chi connectivity index (χ4n) is 4.90. The average Bonchev–Trinajstić information content (AvgIpc) is 3.29. The number of aliphatic hydroxyl groups is 1. The molecule has 32 heavy (non-hydrogen) atoms. The molecular formula is C22H32FN5O4. The molecule has 0 aromatic carbocycles. The number of nitrogens with two attached hydrogens (primary N) is 1. The van der Waals surface area contributed by atoms with E-state index in [4.69, 9.17) is 15.2 Å². The molecule has 9 nitrogen and oxygen atoms in total. The summed E-state index contributed by atoms with van der Waals surface area (Å²) in [5.41, 5.74) is 5.32. The van der Waals surface area contributed by atoms with Gasteiger partial charge in [0.15, 0.2) is 17.0 Å². The topological polar surface area (TPSA) is 125 Å². The van der Waals surface area contributed by atoms with Crippen LogP contribution < -0.4 is 5.73 Å². The van der Waals surface area contributed by atoms with Gasteiger partial charge in [0.05, 0.1) is 18.9 Å². The minimum atomic E-state index is -1.10. The molecule has 2 aromatic rings. The van der Waals surface area contributed by atoms with Crippen LogP contribution in [0.5, 0.6) is 0 Å². The number of ether oxygens (including phenoxy) is 2. The molecule has 3 atom stereocenters. The Bertz CT molecular complexity index is 998. The van der Waals surface area contributed by atoms with E-state index in [0.29, 0.717) is 5.92 Å². The Balaban J connectivity index is 1.48. The minimum Gasteiger partial charge on any atom is -0.459 e. The first-order chi connectivity index (χ1) is 15.0. The third kappa shape index (κ3) is 4.17. The van der Waals surface area contributed by atoms with E-state index >= 15 is 0 Å². The van der Waals surface area contributed by atoms with Crippen LogP contribution in [-0.2, 0) is 14.3 Å². The Labute approximate surface area is 186 Å². The molecule has 1 saturated heterocycles. The van der Waals surface area contributed by atoms with Crippen LogP contribution in [0.4, 0.5) is 10.2 Å². The first kappa shape index (κ1) is 22.8. The van der Waals surface area contributed by atoms with Gasteiger partial charge in [0, 0.05) is 6.42 Å². The molecule has 0 bridgehead atoms. The molecule has 2 aromatic heterocycles. The van der Waals surface area contributed by atoms with Crippen molar-refractivity contribution in [1.29, 1.82) is 0 Å². The minimum absolute atomic E-state index is 0.0667. The number of imidazole rings is 1. The zero-order valence-electron chi connectivity index (χ0n) is 19.0. The second kappa shape index (κ2) is 8.22. The van der Waals surface area contributed by atoms with Crippen molar-refractivity contribution in [1.82, 2.24) is 19.5 Å². The van der Waals surface area contributed by atoms with Crippen molar-refractivity contribution < 1.29 is 23.8 Å². The molecule has 0 unspecified atom stereocenters. The summed E-state index contributed by atoms with van der Waals surface area (Å²) in [4.78, 5) is 24.4. The highest BCUT2D eigenvalue weighted by atomic mass is 19.1. The van der Waals surface area contributed by atoms with Crippen molar-refractivity contribution >= 4 is 23.0 Å². The number of esters is 1. The Morgan fingerprint density at radius 2 is 2.03 bits per heavy atom. The maximum atomic E-state index is 13.7. The summed E-state index contributed by atoms with van der Waals surface area (Å²) < 4.78 is 27.2. The van der Waals surface area contributed by atoms with E-state index in [9.17, 15) is 14.3 Å². The largest absolute Gasteiger partial charge is 0.459 e. The molecule has 2 fully saturated rings. The van der Waals surface area contributed by atoms with E-state index in [0.717, 1.165) is 25.7 Å². The van der Waals surface area contributed by atoms with Gasteiger partial charge in [-0.05, 0) is 43.9 Å². The van der Waals surface area contributed by atoms with Crippen molar-refractivity contribution in [2.24, 2.45) is 17.3 Å². The number of carbonyl (C=O) groups excluding carboxylic acids is 1. The lowest BCUT2D eigenvalue weighted by Crippen LogP contribution is -2.43. The highest BCUT2D eigenvalue weighted by Gasteiger charge is 2.49. The summed E-state index contributed by atoms with van der Waals surface area (Å²) in [6.45, 7) is 8.08. The van der Waals surface area contributed by atoms with Crippen LogP contribution in [-0.4, -0.2) is 48.9 Å². The normalized spacial score (nSPS) is 31.2. The van der Waals surface area contributed by atoms with Gasteiger partial charge in [-0.25, -0.2) is 4.98 Å². The monoisotopic (exact) mass is 449 g/mol. The Morgan fingerprint density at radius 3 is 2.66 bits per heavy atom. The zero-order valence-corrected chi connectivity index (χ0v) is 19.0. The lowest BCUT2D eigenvalue weighted by molar-refractivity contribution is -0.170. The molecule has 4 rings (SSSR count). The van der Waals surface area contributed by atoms with Gasteiger partial charge in [-0.15, -0.1) is 0 Å². The first-order valence-corrected chi connectivity index (χ1v) is 11.2. The average molecular weight is 450 g/mol.